The lowest BCUT2D eigenvalue weighted by molar-refractivity contribution is 0.416. The van der Waals surface area contributed by atoms with E-state index in [9.17, 15) is 0 Å². The van der Waals surface area contributed by atoms with E-state index < -0.39 is 0 Å². The third kappa shape index (κ3) is 2.61. The summed E-state index contributed by atoms with van der Waals surface area (Å²) in [7, 11) is 1.65. The summed E-state index contributed by atoms with van der Waals surface area (Å²) >= 11 is 7.64. The molecular formula is C14H15ClN2OS. The molecular weight excluding hydrogens is 280 g/mol. The van der Waals surface area contributed by atoms with Gasteiger partial charge in [0.2, 0.25) is 0 Å². The van der Waals surface area contributed by atoms with Crippen LogP contribution in [0.3, 0.4) is 0 Å². The van der Waals surface area contributed by atoms with Crippen LogP contribution in [-0.2, 0) is 0 Å². The van der Waals surface area contributed by atoms with E-state index in [0.29, 0.717) is 11.1 Å². The Balaban J connectivity index is 1.93. The number of aromatic nitrogens is 1. The van der Waals surface area contributed by atoms with Gasteiger partial charge in [-0.3, -0.25) is 0 Å². The Hall–Kier alpha value is -1.10. The zero-order valence-corrected chi connectivity index (χ0v) is 12.2. The molecule has 19 heavy (non-hydrogen) atoms. The number of hydrogen-bond acceptors (Lipinski definition) is 4. The quantitative estimate of drug-likeness (QED) is 0.932. The second-order valence-electron chi connectivity index (χ2n) is 4.57. The van der Waals surface area contributed by atoms with E-state index in [1.807, 2.05) is 18.2 Å². The van der Waals surface area contributed by atoms with Gasteiger partial charge in [-0.2, -0.15) is 0 Å². The molecule has 1 aromatic heterocycles. The van der Waals surface area contributed by atoms with Crippen LogP contribution in [0.15, 0.2) is 23.6 Å². The molecule has 1 N–H and O–H groups in total. The number of ether oxygens (including phenoxy) is 1. The van der Waals surface area contributed by atoms with Gasteiger partial charge < -0.3 is 10.1 Å². The molecule has 2 heterocycles. The van der Waals surface area contributed by atoms with Crippen LogP contribution >= 0.6 is 22.9 Å². The van der Waals surface area contributed by atoms with E-state index in [2.05, 4.69) is 10.7 Å². The first-order chi connectivity index (χ1) is 9.28. The molecule has 1 aliphatic rings. The third-order valence-electron chi connectivity index (χ3n) is 3.33. The number of nitrogens with zero attached hydrogens (tertiary/aromatic N) is 1. The number of halogens is 1. The summed E-state index contributed by atoms with van der Waals surface area (Å²) in [4.78, 5) is 4.73. The monoisotopic (exact) mass is 294 g/mol. The second-order valence-corrected chi connectivity index (χ2v) is 5.87. The first-order valence-electron chi connectivity index (χ1n) is 6.30. The van der Waals surface area contributed by atoms with E-state index in [0.717, 1.165) is 28.6 Å². The molecule has 1 aliphatic heterocycles. The molecule has 100 valence electrons. The summed E-state index contributed by atoms with van der Waals surface area (Å²) in [5, 5.41) is 7.26. The van der Waals surface area contributed by atoms with Crippen LogP contribution in [0.25, 0.3) is 10.6 Å². The van der Waals surface area contributed by atoms with E-state index in [1.165, 1.54) is 12.8 Å². The fraction of sp³-hybridized carbons (Fsp3) is 0.357. The molecule has 0 spiro atoms. The topological polar surface area (TPSA) is 34.1 Å². The van der Waals surface area contributed by atoms with E-state index in [-0.39, 0.29) is 0 Å². The van der Waals surface area contributed by atoms with Gasteiger partial charge in [0.15, 0.2) is 0 Å². The average molecular weight is 295 g/mol. The minimum absolute atomic E-state index is 0.406. The van der Waals surface area contributed by atoms with Gasteiger partial charge in [-0.1, -0.05) is 11.6 Å². The maximum absolute atomic E-state index is 5.98. The van der Waals surface area contributed by atoms with Gasteiger partial charge in [0.25, 0.3) is 0 Å². The molecule has 1 unspecified atom stereocenters. The van der Waals surface area contributed by atoms with Crippen molar-refractivity contribution in [3.8, 4) is 16.3 Å². The van der Waals surface area contributed by atoms with Gasteiger partial charge in [-0.25, -0.2) is 4.98 Å². The van der Waals surface area contributed by atoms with Crippen molar-refractivity contribution in [2.75, 3.05) is 13.7 Å². The Morgan fingerprint density at radius 1 is 1.47 bits per heavy atom. The average Bonchev–Trinajstić information content (AvgIpc) is 3.09. The van der Waals surface area contributed by atoms with E-state index >= 15 is 0 Å². The van der Waals surface area contributed by atoms with Crippen molar-refractivity contribution in [1.82, 2.24) is 10.3 Å². The highest BCUT2D eigenvalue weighted by Crippen LogP contribution is 2.36. The molecule has 1 atom stereocenters. The Morgan fingerprint density at radius 2 is 2.37 bits per heavy atom. The lowest BCUT2D eigenvalue weighted by Crippen LogP contribution is -2.12. The van der Waals surface area contributed by atoms with Crippen LogP contribution in [-0.4, -0.2) is 18.6 Å². The lowest BCUT2D eigenvalue weighted by atomic mass is 10.2. The van der Waals surface area contributed by atoms with E-state index in [1.54, 1.807) is 18.4 Å². The number of nitrogens with one attached hydrogen (secondary N) is 1. The fourth-order valence-electron chi connectivity index (χ4n) is 2.35. The third-order valence-corrected chi connectivity index (χ3v) is 4.46. The highest BCUT2D eigenvalue weighted by molar-refractivity contribution is 7.13. The SMILES string of the molecule is COc1cc(Cl)ccc1-c1nc(C2CCCN2)cs1. The van der Waals surface area contributed by atoms with Crippen LogP contribution in [0.1, 0.15) is 24.6 Å². The van der Waals surface area contributed by atoms with Crippen molar-refractivity contribution in [2.24, 2.45) is 0 Å². The molecule has 1 saturated heterocycles. The van der Waals surface area contributed by atoms with Gasteiger partial charge in [-0.15, -0.1) is 11.3 Å². The van der Waals surface area contributed by atoms with Gasteiger partial charge in [-0.05, 0) is 37.6 Å². The van der Waals surface area contributed by atoms with Gasteiger partial charge in [0, 0.05) is 10.4 Å². The number of benzene rings is 1. The molecule has 0 amide bonds. The maximum atomic E-state index is 5.98. The fourth-order valence-corrected chi connectivity index (χ4v) is 3.41. The number of methoxy groups -OCH3 is 1. The second kappa shape index (κ2) is 5.49. The lowest BCUT2D eigenvalue weighted by Gasteiger charge is -2.07. The van der Waals surface area contributed by atoms with E-state index in [4.69, 9.17) is 21.3 Å². The highest BCUT2D eigenvalue weighted by Gasteiger charge is 2.20. The molecule has 0 saturated carbocycles. The molecule has 3 nitrogen and oxygen atoms in total. The zero-order chi connectivity index (χ0) is 13.2. The van der Waals surface area contributed by atoms with Crippen molar-refractivity contribution in [3.05, 3.63) is 34.3 Å². The minimum atomic E-state index is 0.406. The highest BCUT2D eigenvalue weighted by atomic mass is 35.5. The minimum Gasteiger partial charge on any atom is -0.496 e. The summed E-state index contributed by atoms with van der Waals surface area (Å²) in [6.45, 7) is 1.09. The van der Waals surface area contributed by atoms with Crippen LogP contribution in [0.4, 0.5) is 0 Å². The molecule has 2 aromatic rings. The summed E-state index contributed by atoms with van der Waals surface area (Å²) in [6.07, 6.45) is 2.39. The van der Waals surface area contributed by atoms with Gasteiger partial charge >= 0.3 is 0 Å². The summed E-state index contributed by atoms with van der Waals surface area (Å²) in [5.74, 6) is 0.771. The molecule has 0 aliphatic carbocycles. The first-order valence-corrected chi connectivity index (χ1v) is 7.56. The predicted molar refractivity (Wildman–Crippen MR) is 79.1 cm³/mol. The summed E-state index contributed by atoms with van der Waals surface area (Å²) < 4.78 is 5.38. The van der Waals surface area contributed by atoms with Crippen LogP contribution in [0, 0.1) is 0 Å². The predicted octanol–water partition coefficient (Wildman–Crippen LogP) is 3.90. The van der Waals surface area contributed by atoms with Crippen molar-refractivity contribution in [3.63, 3.8) is 0 Å². The van der Waals surface area contributed by atoms with Gasteiger partial charge in [0.05, 0.1) is 24.4 Å². The van der Waals surface area contributed by atoms with Gasteiger partial charge in [0.1, 0.15) is 10.8 Å². The summed E-state index contributed by atoms with van der Waals surface area (Å²) in [5.41, 5.74) is 2.13. The molecule has 0 bridgehead atoms. The molecule has 1 aromatic carbocycles. The van der Waals surface area contributed by atoms with Crippen LogP contribution < -0.4 is 10.1 Å². The van der Waals surface area contributed by atoms with Crippen molar-refractivity contribution >= 4 is 22.9 Å². The number of thiazole rings is 1. The Morgan fingerprint density at radius 3 is 3.11 bits per heavy atom. The molecule has 0 radical (unpaired) electrons. The summed E-state index contributed by atoms with van der Waals surface area (Å²) in [6, 6.07) is 6.06. The number of rotatable bonds is 3. The normalized spacial score (nSPS) is 18.7. The standard InChI is InChI=1S/C14H15ClN2OS/c1-18-13-7-9(15)4-5-10(13)14-17-12(8-19-14)11-3-2-6-16-11/h4-5,7-8,11,16H,2-3,6H2,1H3. The zero-order valence-electron chi connectivity index (χ0n) is 10.6. The maximum Gasteiger partial charge on any atom is 0.130 e. The Labute approximate surface area is 121 Å². The van der Waals surface area contributed by atoms with Crippen LogP contribution in [0.2, 0.25) is 5.02 Å². The molecule has 3 rings (SSSR count). The van der Waals surface area contributed by atoms with Crippen molar-refractivity contribution < 1.29 is 4.74 Å². The molecule has 1 fully saturated rings. The smallest absolute Gasteiger partial charge is 0.130 e. The van der Waals surface area contributed by atoms with Crippen LogP contribution in [0.5, 0.6) is 5.75 Å². The Bertz CT molecular complexity index is 579. The van der Waals surface area contributed by atoms with Crippen molar-refractivity contribution in [1.29, 1.82) is 0 Å². The van der Waals surface area contributed by atoms with Crippen molar-refractivity contribution in [2.45, 2.75) is 18.9 Å². The first kappa shape index (κ1) is 12.9. The molecule has 5 heteroatoms. The Kier molecular flexibility index (Phi) is 3.73. The number of hydrogen-bond donors (Lipinski definition) is 1. The largest absolute Gasteiger partial charge is 0.496 e.